The minimum Gasteiger partial charge on any atom is -0.453 e. The molecule has 1 saturated heterocycles. The number of benzene rings is 6. The number of aromatic nitrogens is 12. The van der Waals surface area contributed by atoms with Gasteiger partial charge >= 0.3 is 12.3 Å². The second-order valence-electron chi connectivity index (χ2n) is 28.8. The van der Waals surface area contributed by atoms with Gasteiger partial charge < -0.3 is 24.4 Å². The van der Waals surface area contributed by atoms with Crippen molar-refractivity contribution in [2.24, 2.45) is 7.05 Å². The van der Waals surface area contributed by atoms with E-state index in [9.17, 15) is 42.6 Å². The highest BCUT2D eigenvalue weighted by molar-refractivity contribution is 6.02. The van der Waals surface area contributed by atoms with E-state index in [1.54, 1.807) is 80.1 Å². The average Bonchev–Trinajstić information content (AvgIpc) is 1.65. The van der Waals surface area contributed by atoms with Gasteiger partial charge in [-0.25, -0.2) is 49.0 Å². The highest BCUT2D eigenvalue weighted by atomic mass is 19.4. The van der Waals surface area contributed by atoms with Gasteiger partial charge in [0.2, 0.25) is 17.7 Å². The predicted octanol–water partition coefficient (Wildman–Crippen LogP) is 14.3. The third-order valence-corrected chi connectivity index (χ3v) is 20.7. The number of fused-ring (bicyclic) bond motifs is 3. The molecular weight excluding hydrogens is 1410 g/mol. The number of likely N-dealkylation sites (tertiary alicyclic amines) is 1. The maximum atomic E-state index is 13.0. The molecule has 17 rings (SSSR count). The smallest absolute Gasteiger partial charge is 0.434 e. The van der Waals surface area contributed by atoms with Crippen molar-refractivity contribution in [3.8, 4) is 56.9 Å². The van der Waals surface area contributed by atoms with Crippen molar-refractivity contribution in [2.45, 2.75) is 129 Å². The zero-order chi connectivity index (χ0) is 77.4. The fraction of sp³-hybridized carbons (Fsp3) is 0.282. The zero-order valence-electron chi connectivity index (χ0n) is 62.1. The molecule has 0 spiro atoms. The first-order chi connectivity index (χ1) is 53.6. The third kappa shape index (κ3) is 15.8. The molecule has 10 heterocycles. The molecule has 0 radical (unpaired) electrons. The maximum absolute atomic E-state index is 13.0. The first-order valence-electron chi connectivity index (χ1n) is 37.0. The molecule has 5 aliphatic rings. The molecule has 1 atom stereocenters. The summed E-state index contributed by atoms with van der Waals surface area (Å²) < 4.78 is 48.8. The Morgan fingerprint density at radius 1 is 0.577 bits per heavy atom. The number of hydrogen-bond donors (Lipinski definition) is 2. The molecule has 26 heteroatoms. The number of anilines is 3. The number of hydrogen-bond acceptors (Lipinski definition) is 16. The molecular formula is C85H81F3N16O7. The van der Waals surface area contributed by atoms with Crippen molar-refractivity contribution in [1.29, 1.82) is 0 Å². The molecule has 4 aliphatic heterocycles. The van der Waals surface area contributed by atoms with Gasteiger partial charge in [-0.2, -0.15) is 23.4 Å². The second-order valence-corrected chi connectivity index (χ2v) is 28.8. The molecule has 1 aliphatic carbocycles. The summed E-state index contributed by atoms with van der Waals surface area (Å²) in [4.78, 5) is 89.0. The van der Waals surface area contributed by atoms with Crippen molar-refractivity contribution in [2.75, 3.05) is 34.9 Å². The number of amides is 4. The second kappa shape index (κ2) is 31.3. The van der Waals surface area contributed by atoms with Gasteiger partial charge in [-0.3, -0.25) is 29.1 Å². The normalized spacial score (nSPS) is 15.0. The van der Waals surface area contributed by atoms with E-state index in [0.717, 1.165) is 86.4 Å². The molecule has 111 heavy (non-hydrogen) atoms. The Bertz CT molecular complexity index is 5470. The van der Waals surface area contributed by atoms with Crippen LogP contribution in [0.25, 0.3) is 56.9 Å². The third-order valence-electron chi connectivity index (χ3n) is 20.7. The topological polar surface area (TPSA) is 262 Å². The Kier molecular flexibility index (Phi) is 20.9. The number of aliphatic hydroxyl groups is 2. The lowest BCUT2D eigenvalue weighted by atomic mass is 9.94. The minimum atomic E-state index is -4.52. The van der Waals surface area contributed by atoms with E-state index in [0.29, 0.717) is 114 Å². The number of halogens is 3. The summed E-state index contributed by atoms with van der Waals surface area (Å²) in [6.07, 6.45) is 7.64. The fourth-order valence-corrected chi connectivity index (χ4v) is 14.7. The lowest BCUT2D eigenvalue weighted by molar-refractivity contribution is -0.141. The van der Waals surface area contributed by atoms with Crippen LogP contribution in [0.2, 0.25) is 0 Å². The Balaban J connectivity index is 0.000000133. The molecule has 564 valence electrons. The standard InChI is InChI=1S/C32H34N6O3.C27H25N5O2.C26H22F3N5O2/c1-21(2)26-6-4-5-7-27(26)30-33-19-24-18-29(39)37(31(24)34-30)20-22-8-10-25(11-9-22)38-17-14-28(35-38)23-12-15-36(16-13-23)32(40)41-3;1-17-12-22(16-33)32(30-17)21-10-6-18(7-11-21)15-31-25(34)13-20-14-28-26(29-27(20)31)24-5-3-2-4-23(24)19-8-9-19;1-15(35)19-5-3-4-6-20(19)23-30-12-18-11-22(36)34(25(18)32-23)13-16-7-9-17(10-8-16)24-31-21(14-33(24)2)26(27,28)29/h4-11,14,17,19,21,23H,12-13,15-16,18,20H2,1-3H3;2-7,10-12,14,19,33H,8-9,13,15-16H2,1H3;3-10,12,14-15,35H,11,13H2,1-2H3. The van der Waals surface area contributed by atoms with Crippen LogP contribution in [0, 0.1) is 6.92 Å². The van der Waals surface area contributed by atoms with E-state index in [-0.39, 0.29) is 49.2 Å². The lowest BCUT2D eigenvalue weighted by Gasteiger charge is -2.30. The largest absolute Gasteiger partial charge is 0.453 e. The molecule has 12 aromatic rings. The number of aryl methyl sites for hydroxylation is 2. The van der Waals surface area contributed by atoms with Gasteiger partial charge in [0, 0.05) is 96.0 Å². The van der Waals surface area contributed by atoms with Crippen LogP contribution in [0.4, 0.5) is 35.4 Å². The molecule has 0 bridgehead atoms. The van der Waals surface area contributed by atoms with Gasteiger partial charge in [-0.05, 0) is 121 Å². The Morgan fingerprint density at radius 2 is 1.05 bits per heavy atom. The molecule has 23 nitrogen and oxygen atoms in total. The fourth-order valence-electron chi connectivity index (χ4n) is 14.7. The minimum absolute atomic E-state index is 0.0302. The Labute approximate surface area is 638 Å². The number of rotatable bonds is 17. The molecule has 2 N–H and O–H groups in total. The van der Waals surface area contributed by atoms with Crippen LogP contribution in [0.3, 0.4) is 0 Å². The number of carbonyl (C=O) groups is 4. The van der Waals surface area contributed by atoms with Gasteiger partial charge in [-0.1, -0.05) is 135 Å². The predicted molar refractivity (Wildman–Crippen MR) is 411 cm³/mol. The van der Waals surface area contributed by atoms with Gasteiger partial charge in [-0.15, -0.1) is 0 Å². The molecule has 6 aromatic heterocycles. The summed E-state index contributed by atoms with van der Waals surface area (Å²) in [5.41, 5.74) is 15.2. The molecule has 4 amide bonds. The van der Waals surface area contributed by atoms with E-state index in [1.165, 1.54) is 42.7 Å². The summed E-state index contributed by atoms with van der Waals surface area (Å²) in [6.45, 7) is 10.3. The number of methoxy groups -OCH3 is 1. The van der Waals surface area contributed by atoms with E-state index in [4.69, 9.17) is 19.8 Å². The van der Waals surface area contributed by atoms with Crippen molar-refractivity contribution in [1.82, 2.24) is 63.9 Å². The van der Waals surface area contributed by atoms with Crippen molar-refractivity contribution in [3.05, 3.63) is 262 Å². The van der Waals surface area contributed by atoms with Gasteiger partial charge in [0.1, 0.15) is 23.3 Å². The van der Waals surface area contributed by atoms with Crippen LogP contribution in [0.15, 0.2) is 189 Å². The van der Waals surface area contributed by atoms with Gasteiger partial charge in [0.25, 0.3) is 0 Å². The van der Waals surface area contributed by atoms with Crippen LogP contribution < -0.4 is 14.7 Å². The van der Waals surface area contributed by atoms with E-state index < -0.39 is 18.0 Å². The first kappa shape index (κ1) is 74.1. The molecule has 6 aromatic carbocycles. The first-order valence-corrected chi connectivity index (χ1v) is 37.0. The summed E-state index contributed by atoms with van der Waals surface area (Å²) in [7, 11) is 2.93. The number of imidazole rings is 1. The van der Waals surface area contributed by atoms with Crippen LogP contribution in [-0.4, -0.2) is 118 Å². The SMILES string of the molecule is CC(O)c1ccccc1-c1ncc2c(n1)N(Cc1ccc(-c3nc(C(F)(F)F)cn3C)cc1)C(=O)C2.COC(=O)N1CCC(c2ccn(-c3ccc(CN4C(=O)Cc5cnc(-c6ccccc6C(C)C)nc54)cc3)n2)CC1.Cc1cc(CO)n(-c2ccc(CN3C(=O)Cc4cnc(-c5ccccc5C5CC5)nc43)cc2)n1. The van der Waals surface area contributed by atoms with E-state index in [1.807, 2.05) is 115 Å². The quantitative estimate of drug-likeness (QED) is 0.0858. The molecule has 1 saturated carbocycles. The number of ether oxygens (including phenoxy) is 1. The Hall–Kier alpha value is -12.4. The molecule has 1 unspecified atom stereocenters. The summed E-state index contributed by atoms with van der Waals surface area (Å²) in [5.74, 6) is 5.03. The number of nitrogens with zero attached hydrogens (tertiary/aromatic N) is 16. The zero-order valence-corrected chi connectivity index (χ0v) is 62.1. The van der Waals surface area contributed by atoms with E-state index in [2.05, 4.69) is 74.2 Å². The van der Waals surface area contributed by atoms with Crippen molar-refractivity contribution in [3.63, 3.8) is 0 Å². The number of aliphatic hydroxyl groups excluding tert-OH is 2. The van der Waals surface area contributed by atoms with Crippen LogP contribution >= 0.6 is 0 Å². The highest BCUT2D eigenvalue weighted by Crippen LogP contribution is 2.45. The maximum Gasteiger partial charge on any atom is 0.434 e. The van der Waals surface area contributed by atoms with Crippen LogP contribution in [0.5, 0.6) is 0 Å². The monoisotopic (exact) mass is 1490 g/mol. The summed E-state index contributed by atoms with van der Waals surface area (Å²) >= 11 is 0. The van der Waals surface area contributed by atoms with Crippen molar-refractivity contribution >= 4 is 41.3 Å². The number of piperidine rings is 1. The van der Waals surface area contributed by atoms with E-state index >= 15 is 0 Å². The van der Waals surface area contributed by atoms with Gasteiger partial charge in [0.05, 0.1) is 87.2 Å². The summed E-state index contributed by atoms with van der Waals surface area (Å²) in [5, 5.41) is 29.0. The van der Waals surface area contributed by atoms with Crippen LogP contribution in [-0.2, 0) is 77.8 Å². The number of carbonyl (C=O) groups excluding carboxylic acids is 4. The van der Waals surface area contributed by atoms with Crippen LogP contribution in [0.1, 0.15) is 143 Å². The average molecular weight is 1500 g/mol. The van der Waals surface area contributed by atoms with Gasteiger partial charge in [0.15, 0.2) is 23.2 Å². The Morgan fingerprint density at radius 3 is 1.54 bits per heavy atom. The van der Waals surface area contributed by atoms with Crippen molar-refractivity contribution < 1.29 is 47.3 Å². The highest BCUT2D eigenvalue weighted by Gasteiger charge is 2.37. The summed E-state index contributed by atoms with van der Waals surface area (Å²) in [6, 6.07) is 50.6. The molecule has 2 fully saturated rings. The lowest BCUT2D eigenvalue weighted by Crippen LogP contribution is -2.37. The number of alkyl halides is 3.